The van der Waals surface area contributed by atoms with Gasteiger partial charge in [-0.2, -0.15) is 8.78 Å². The summed E-state index contributed by atoms with van der Waals surface area (Å²) in [5, 5.41) is 2.49. The molecular weight excluding hydrogens is 388 g/mol. The Hall–Kier alpha value is -2.11. The molecule has 0 saturated carbocycles. The number of nitrogens with zero attached hydrogens (tertiary/aromatic N) is 1. The summed E-state index contributed by atoms with van der Waals surface area (Å²) < 4.78 is 72.7. The Morgan fingerprint density at radius 3 is 2.43 bits per heavy atom. The maximum Gasteiger partial charge on any atom is 0.540 e. The first-order valence-electron chi connectivity index (χ1n) is 8.81. The minimum atomic E-state index is -4.44. The number of carbonyl (C=O) groups excluding carboxylic acids is 1. The maximum absolute atomic E-state index is 13.8. The van der Waals surface area contributed by atoms with Gasteiger partial charge in [0, 0.05) is 31.6 Å². The fourth-order valence-electron chi connectivity index (χ4n) is 3.44. The lowest BCUT2D eigenvalue weighted by atomic mass is 10.0. The van der Waals surface area contributed by atoms with Crippen LogP contribution >= 0.6 is 0 Å². The average molecular weight is 406 g/mol. The molecule has 0 radical (unpaired) electrons. The van der Waals surface area contributed by atoms with Crippen LogP contribution in [0.1, 0.15) is 24.8 Å². The predicted octanol–water partition coefficient (Wildman–Crippen LogP) is 3.46. The van der Waals surface area contributed by atoms with Crippen LogP contribution in [0, 0.1) is 0 Å². The van der Waals surface area contributed by atoms with E-state index >= 15 is 0 Å². The van der Waals surface area contributed by atoms with Crippen LogP contribution in [0.5, 0.6) is 5.75 Å². The van der Waals surface area contributed by atoms with Crippen LogP contribution in [0.15, 0.2) is 18.2 Å². The smallest absolute Gasteiger partial charge is 0.409 e. The second-order valence-corrected chi connectivity index (χ2v) is 6.77. The maximum atomic E-state index is 13.8. The number of hydrogen-bond donors (Lipinski definition) is 1. The van der Waals surface area contributed by atoms with Crippen LogP contribution in [0.4, 0.5) is 28.0 Å². The molecule has 2 saturated heterocycles. The van der Waals surface area contributed by atoms with Crippen molar-refractivity contribution < 1.29 is 41.3 Å². The first-order chi connectivity index (χ1) is 13.2. The topological polar surface area (TPSA) is 69.3 Å². The summed E-state index contributed by atoms with van der Waals surface area (Å²) in [5.74, 6) is -1.38. The lowest BCUT2D eigenvalue weighted by Crippen LogP contribution is -2.52. The summed E-state index contributed by atoms with van der Waals surface area (Å²) in [4.78, 5) is 13.9. The number of anilines is 1. The van der Waals surface area contributed by atoms with Crippen molar-refractivity contribution in [2.24, 2.45) is 0 Å². The Labute approximate surface area is 157 Å². The first kappa shape index (κ1) is 19.2. The summed E-state index contributed by atoms with van der Waals surface area (Å²) in [7, 11) is 0. The number of carbonyl (C=O) groups is 1. The number of rotatable bonds is 1. The molecule has 154 valence electrons. The number of hydrogen-bond acceptors (Lipinski definition) is 5. The van der Waals surface area contributed by atoms with Gasteiger partial charge in [0.05, 0.1) is 18.8 Å². The van der Waals surface area contributed by atoms with E-state index in [0.717, 1.165) is 18.6 Å². The average Bonchev–Trinajstić information content (AvgIpc) is 2.62. The zero-order valence-corrected chi connectivity index (χ0v) is 14.7. The highest BCUT2D eigenvalue weighted by molar-refractivity contribution is 5.89. The van der Waals surface area contributed by atoms with E-state index in [4.69, 9.17) is 9.47 Å². The third-order valence-electron chi connectivity index (χ3n) is 4.85. The lowest BCUT2D eigenvalue weighted by molar-refractivity contribution is -0.461. The molecule has 0 aromatic heterocycles. The molecule has 1 aromatic rings. The van der Waals surface area contributed by atoms with Crippen molar-refractivity contribution in [3.8, 4) is 5.75 Å². The van der Waals surface area contributed by atoms with Gasteiger partial charge < -0.3 is 24.4 Å². The van der Waals surface area contributed by atoms with Gasteiger partial charge in [-0.3, -0.25) is 0 Å². The molecule has 3 aliphatic heterocycles. The number of nitrogens with one attached hydrogen (secondary N) is 1. The number of alkyl halides is 4. The molecule has 28 heavy (non-hydrogen) atoms. The third kappa shape index (κ3) is 3.74. The number of piperidine rings is 1. The van der Waals surface area contributed by atoms with Crippen LogP contribution in [0.2, 0.25) is 0 Å². The standard InChI is InChI=1S/C17H18F4N2O5/c18-16(19)12-10-11(2-3-13(12)27-17(20,21)28-16)22-14(24)23-6-4-15(5-7-23)25-8-1-9-26-15/h2-3,10H,1,4-9H2,(H,22,24). The number of urea groups is 1. The first-order valence-corrected chi connectivity index (χ1v) is 8.81. The van der Waals surface area contributed by atoms with Crippen molar-refractivity contribution >= 4 is 11.7 Å². The van der Waals surface area contributed by atoms with E-state index in [0.29, 0.717) is 39.1 Å². The van der Waals surface area contributed by atoms with Gasteiger partial charge in [-0.25, -0.2) is 9.53 Å². The molecule has 2 amide bonds. The number of likely N-dealkylation sites (tertiary alicyclic amines) is 1. The predicted molar refractivity (Wildman–Crippen MR) is 86.1 cm³/mol. The lowest BCUT2D eigenvalue weighted by Gasteiger charge is -2.43. The number of fused-ring (bicyclic) bond motifs is 1. The number of halogens is 4. The van der Waals surface area contributed by atoms with Crippen molar-refractivity contribution in [1.82, 2.24) is 4.90 Å². The van der Waals surface area contributed by atoms with Gasteiger partial charge in [-0.1, -0.05) is 0 Å². The Bertz CT molecular complexity index is 760. The zero-order chi connectivity index (χ0) is 20.0. The SMILES string of the molecule is O=C(Nc1ccc2c(c1)C(F)(F)OC(F)(F)O2)N1CCC2(CC1)OCCCO2. The van der Waals surface area contributed by atoms with Gasteiger partial charge in [0.2, 0.25) is 0 Å². The molecular formula is C17H18F4N2O5. The molecule has 0 unspecified atom stereocenters. The van der Waals surface area contributed by atoms with Gasteiger partial charge in [0.25, 0.3) is 0 Å². The van der Waals surface area contributed by atoms with E-state index < -0.39 is 35.5 Å². The Morgan fingerprint density at radius 1 is 1.07 bits per heavy atom. The van der Waals surface area contributed by atoms with Gasteiger partial charge in [-0.15, -0.1) is 8.78 Å². The zero-order valence-electron chi connectivity index (χ0n) is 14.7. The molecule has 0 aliphatic carbocycles. The van der Waals surface area contributed by atoms with Gasteiger partial charge in [-0.05, 0) is 24.6 Å². The highest BCUT2D eigenvalue weighted by Gasteiger charge is 2.54. The normalized spacial score (nSPS) is 24.9. The van der Waals surface area contributed by atoms with Crippen molar-refractivity contribution in [2.45, 2.75) is 37.5 Å². The minimum absolute atomic E-state index is 0.00583. The van der Waals surface area contributed by atoms with Crippen LogP contribution in [-0.4, -0.2) is 49.3 Å². The quantitative estimate of drug-likeness (QED) is 0.724. The monoisotopic (exact) mass is 406 g/mol. The highest BCUT2D eigenvalue weighted by Crippen LogP contribution is 2.46. The van der Waals surface area contributed by atoms with E-state index in [1.54, 1.807) is 0 Å². The summed E-state index contributed by atoms with van der Waals surface area (Å²) >= 11 is 0. The largest absolute Gasteiger partial charge is 0.540 e. The van der Waals surface area contributed by atoms with Crippen molar-refractivity contribution in [2.75, 3.05) is 31.6 Å². The second kappa shape index (κ2) is 6.75. The summed E-state index contributed by atoms with van der Waals surface area (Å²) in [6.07, 6.45) is -6.87. The van der Waals surface area contributed by atoms with Gasteiger partial charge >= 0.3 is 18.4 Å². The molecule has 11 heteroatoms. The van der Waals surface area contributed by atoms with Gasteiger partial charge in [0.15, 0.2) is 5.79 Å². The number of ether oxygens (including phenoxy) is 4. The molecule has 1 N–H and O–H groups in total. The Kier molecular flexibility index (Phi) is 4.63. The van der Waals surface area contributed by atoms with Crippen molar-refractivity contribution in [3.63, 3.8) is 0 Å². The number of benzene rings is 1. The molecule has 0 atom stereocenters. The minimum Gasteiger partial charge on any atom is -0.409 e. The molecule has 1 spiro atoms. The molecule has 3 aliphatic rings. The summed E-state index contributed by atoms with van der Waals surface area (Å²) in [6, 6.07) is 2.48. The molecule has 1 aromatic carbocycles. The van der Waals surface area contributed by atoms with Crippen molar-refractivity contribution in [1.29, 1.82) is 0 Å². The molecule has 4 rings (SSSR count). The fourth-order valence-corrected chi connectivity index (χ4v) is 3.44. The summed E-state index contributed by atoms with van der Waals surface area (Å²) in [6.45, 7) is 1.95. The van der Waals surface area contributed by atoms with E-state index in [1.807, 2.05) is 0 Å². The highest BCUT2D eigenvalue weighted by atomic mass is 19.3. The van der Waals surface area contributed by atoms with Crippen LogP contribution in [0.25, 0.3) is 0 Å². The Morgan fingerprint density at radius 2 is 1.75 bits per heavy atom. The molecule has 2 fully saturated rings. The van der Waals surface area contributed by atoms with Crippen LogP contribution in [0.3, 0.4) is 0 Å². The van der Waals surface area contributed by atoms with Crippen molar-refractivity contribution in [3.05, 3.63) is 23.8 Å². The van der Waals surface area contributed by atoms with E-state index in [-0.39, 0.29) is 5.69 Å². The fraction of sp³-hybridized carbons (Fsp3) is 0.588. The van der Waals surface area contributed by atoms with Gasteiger partial charge in [0.1, 0.15) is 5.75 Å². The van der Waals surface area contributed by atoms with Crippen LogP contribution in [-0.2, 0) is 20.3 Å². The summed E-state index contributed by atoms with van der Waals surface area (Å²) in [5.41, 5.74) is -0.885. The second-order valence-electron chi connectivity index (χ2n) is 6.77. The van der Waals surface area contributed by atoms with Crippen LogP contribution < -0.4 is 10.1 Å². The third-order valence-corrected chi connectivity index (χ3v) is 4.85. The number of amides is 2. The Balaban J connectivity index is 1.42. The van der Waals surface area contributed by atoms with E-state index in [9.17, 15) is 22.4 Å². The van der Waals surface area contributed by atoms with E-state index in [2.05, 4.69) is 14.8 Å². The molecule has 3 heterocycles. The van der Waals surface area contributed by atoms with E-state index in [1.165, 1.54) is 11.0 Å². The molecule has 7 nitrogen and oxygen atoms in total. The molecule has 0 bridgehead atoms.